The van der Waals surface area contributed by atoms with E-state index in [0.29, 0.717) is 17.9 Å². The quantitative estimate of drug-likeness (QED) is 0.547. The molecule has 2 amide bonds. The Morgan fingerprint density at radius 2 is 1.85 bits per heavy atom. The smallest absolute Gasteiger partial charge is 0.232 e. The highest BCUT2D eigenvalue weighted by Gasteiger charge is 2.38. The van der Waals surface area contributed by atoms with Gasteiger partial charge in [0.1, 0.15) is 5.75 Å². The van der Waals surface area contributed by atoms with Crippen LogP contribution in [0.15, 0.2) is 72.9 Å². The molecule has 1 fully saturated rings. The number of hydrogen-bond acceptors (Lipinski definition) is 4. The number of amides is 2. The number of phenols is 1. The number of hydrogen-bond donors (Lipinski definition) is 1. The van der Waals surface area contributed by atoms with Gasteiger partial charge in [-0.15, -0.1) is 0 Å². The number of aromatic hydroxyl groups is 1. The molecule has 1 aliphatic rings. The van der Waals surface area contributed by atoms with Crippen LogP contribution in [0.25, 0.3) is 0 Å². The molecule has 2 aromatic carbocycles. The summed E-state index contributed by atoms with van der Waals surface area (Å²) in [4.78, 5) is 34.0. The maximum Gasteiger partial charge on any atom is 0.232 e. The molecule has 33 heavy (non-hydrogen) atoms. The molecule has 1 aliphatic heterocycles. The Hall–Kier alpha value is -3.67. The van der Waals surface area contributed by atoms with Crippen LogP contribution < -0.4 is 9.80 Å². The van der Waals surface area contributed by atoms with E-state index in [0.717, 1.165) is 24.9 Å². The number of benzene rings is 2. The molecular weight excluding hydrogens is 414 g/mol. The van der Waals surface area contributed by atoms with Crippen LogP contribution in [0.4, 0.5) is 11.4 Å². The van der Waals surface area contributed by atoms with E-state index in [9.17, 15) is 14.7 Å². The molecule has 1 saturated heterocycles. The highest BCUT2D eigenvalue weighted by molar-refractivity contribution is 6.04. The molecule has 0 saturated carbocycles. The number of rotatable bonds is 8. The Labute approximate surface area is 194 Å². The maximum absolute atomic E-state index is 13.6. The van der Waals surface area contributed by atoms with Crippen LogP contribution >= 0.6 is 0 Å². The number of carbonyl (C=O) groups excluding carboxylic acids is 2. The minimum Gasteiger partial charge on any atom is -0.506 e. The summed E-state index contributed by atoms with van der Waals surface area (Å²) in [6.07, 6.45) is 5.12. The normalized spacial score (nSPS) is 15.6. The van der Waals surface area contributed by atoms with Gasteiger partial charge in [-0.25, -0.2) is 0 Å². The van der Waals surface area contributed by atoms with Crippen molar-refractivity contribution in [1.82, 2.24) is 4.98 Å². The van der Waals surface area contributed by atoms with Crippen LogP contribution in [0.2, 0.25) is 0 Å². The predicted octanol–water partition coefficient (Wildman–Crippen LogP) is 4.72. The fourth-order valence-corrected chi connectivity index (χ4v) is 4.19. The molecular formula is C27H29N3O3. The van der Waals surface area contributed by atoms with Gasteiger partial charge in [0.15, 0.2) is 0 Å². The second kappa shape index (κ2) is 10.3. The van der Waals surface area contributed by atoms with Crippen molar-refractivity contribution < 1.29 is 14.7 Å². The molecule has 1 unspecified atom stereocenters. The summed E-state index contributed by atoms with van der Waals surface area (Å²) in [6.45, 7) is 2.70. The van der Waals surface area contributed by atoms with Gasteiger partial charge in [0.25, 0.3) is 0 Å². The molecule has 1 N–H and O–H groups in total. The van der Waals surface area contributed by atoms with Crippen molar-refractivity contribution in [3.8, 4) is 5.75 Å². The van der Waals surface area contributed by atoms with Gasteiger partial charge in [-0.05, 0) is 54.8 Å². The maximum atomic E-state index is 13.6. The molecule has 3 aromatic rings. The third kappa shape index (κ3) is 5.22. The van der Waals surface area contributed by atoms with Gasteiger partial charge >= 0.3 is 0 Å². The average Bonchev–Trinajstić information content (AvgIpc) is 3.24. The third-order valence-electron chi connectivity index (χ3n) is 6.03. The second-order valence-corrected chi connectivity index (χ2v) is 8.41. The van der Waals surface area contributed by atoms with Crippen molar-refractivity contribution in [3.05, 3.63) is 84.2 Å². The van der Waals surface area contributed by atoms with Crippen molar-refractivity contribution in [2.75, 3.05) is 16.3 Å². The molecule has 0 bridgehead atoms. The molecule has 170 valence electrons. The zero-order valence-corrected chi connectivity index (χ0v) is 18.9. The highest BCUT2D eigenvalue weighted by atomic mass is 16.3. The number of phenolic OH excluding ortho intramolecular Hbond substituents is 1. The lowest BCUT2D eigenvalue weighted by Crippen LogP contribution is -2.37. The molecule has 0 radical (unpaired) electrons. The summed E-state index contributed by atoms with van der Waals surface area (Å²) in [5.74, 6) is -0.742. The summed E-state index contributed by atoms with van der Waals surface area (Å²) in [6, 6.07) is 20.3. The van der Waals surface area contributed by atoms with E-state index in [-0.39, 0.29) is 30.5 Å². The first-order chi connectivity index (χ1) is 16.1. The Balaban J connectivity index is 1.54. The Bertz CT molecular complexity index is 1100. The van der Waals surface area contributed by atoms with Crippen LogP contribution in [0.3, 0.4) is 0 Å². The molecule has 1 aromatic heterocycles. The van der Waals surface area contributed by atoms with Gasteiger partial charge in [-0.2, -0.15) is 0 Å². The summed E-state index contributed by atoms with van der Waals surface area (Å²) >= 11 is 0. The van der Waals surface area contributed by atoms with Gasteiger partial charge < -0.3 is 14.9 Å². The number of nitrogens with zero attached hydrogens (tertiary/aromatic N) is 3. The van der Waals surface area contributed by atoms with E-state index in [1.54, 1.807) is 35.4 Å². The average molecular weight is 444 g/mol. The summed E-state index contributed by atoms with van der Waals surface area (Å²) in [5.41, 5.74) is 3.19. The van der Waals surface area contributed by atoms with Crippen LogP contribution in [-0.4, -0.2) is 28.4 Å². The fraction of sp³-hybridized carbons (Fsp3) is 0.296. The largest absolute Gasteiger partial charge is 0.506 e. The molecule has 2 heterocycles. The first-order valence-corrected chi connectivity index (χ1v) is 11.5. The summed E-state index contributed by atoms with van der Waals surface area (Å²) in [5, 5.41) is 10.4. The van der Waals surface area contributed by atoms with Crippen LogP contribution in [0, 0.1) is 5.92 Å². The Kier molecular flexibility index (Phi) is 7.03. The van der Waals surface area contributed by atoms with E-state index in [1.807, 2.05) is 30.3 Å². The molecule has 1 atom stereocenters. The SMILES string of the molecule is CCCCc1ccc(N2CC(C(=O)N(Cc3ccccn3)c3ccccc3O)CC2=O)cc1. The van der Waals surface area contributed by atoms with Crippen LogP contribution in [0.5, 0.6) is 5.75 Å². The van der Waals surface area contributed by atoms with Crippen LogP contribution in [0.1, 0.15) is 37.4 Å². The van der Waals surface area contributed by atoms with Gasteiger partial charge in [0.05, 0.1) is 23.8 Å². The van der Waals surface area contributed by atoms with E-state index in [2.05, 4.69) is 24.0 Å². The minimum atomic E-state index is -0.499. The first kappa shape index (κ1) is 22.5. The van der Waals surface area contributed by atoms with E-state index in [4.69, 9.17) is 0 Å². The number of unbranched alkanes of at least 4 members (excludes halogenated alkanes) is 1. The Morgan fingerprint density at radius 3 is 2.55 bits per heavy atom. The van der Waals surface area contributed by atoms with Gasteiger partial charge in [-0.3, -0.25) is 14.6 Å². The summed E-state index contributed by atoms with van der Waals surface area (Å²) in [7, 11) is 0. The zero-order chi connectivity index (χ0) is 23.2. The third-order valence-corrected chi connectivity index (χ3v) is 6.03. The lowest BCUT2D eigenvalue weighted by Gasteiger charge is -2.26. The van der Waals surface area contributed by atoms with Crippen LogP contribution in [-0.2, 0) is 22.6 Å². The monoisotopic (exact) mass is 443 g/mol. The number of aryl methyl sites for hydroxylation is 1. The van der Waals surface area contributed by atoms with Gasteiger partial charge in [0.2, 0.25) is 11.8 Å². The van der Waals surface area contributed by atoms with Gasteiger partial charge in [0, 0.05) is 24.8 Å². The predicted molar refractivity (Wildman–Crippen MR) is 129 cm³/mol. The fourth-order valence-electron chi connectivity index (χ4n) is 4.19. The number of para-hydroxylation sites is 2. The lowest BCUT2D eigenvalue weighted by molar-refractivity contribution is -0.124. The number of pyridine rings is 1. The van der Waals surface area contributed by atoms with Crippen molar-refractivity contribution in [2.45, 2.75) is 39.2 Å². The van der Waals surface area contributed by atoms with Crippen molar-refractivity contribution >= 4 is 23.2 Å². The zero-order valence-electron chi connectivity index (χ0n) is 18.9. The van der Waals surface area contributed by atoms with Crippen molar-refractivity contribution in [1.29, 1.82) is 0 Å². The van der Waals surface area contributed by atoms with E-state index in [1.165, 1.54) is 10.5 Å². The molecule has 6 heteroatoms. The Morgan fingerprint density at radius 1 is 1.09 bits per heavy atom. The van der Waals surface area contributed by atoms with Crippen molar-refractivity contribution in [3.63, 3.8) is 0 Å². The second-order valence-electron chi connectivity index (χ2n) is 8.41. The lowest BCUT2D eigenvalue weighted by atomic mass is 10.1. The summed E-state index contributed by atoms with van der Waals surface area (Å²) < 4.78 is 0. The molecule has 0 spiro atoms. The number of carbonyl (C=O) groups is 2. The molecule has 6 nitrogen and oxygen atoms in total. The number of anilines is 2. The van der Waals surface area contributed by atoms with Crippen molar-refractivity contribution in [2.24, 2.45) is 5.92 Å². The first-order valence-electron chi connectivity index (χ1n) is 11.5. The standard InChI is InChI=1S/C27H29N3O3/c1-2-3-8-20-12-14-23(15-13-20)29-18-21(17-26(29)32)27(33)30(19-22-9-6-7-16-28-22)24-10-4-5-11-25(24)31/h4-7,9-16,21,31H,2-3,8,17-19H2,1H3. The highest BCUT2D eigenvalue weighted by Crippen LogP contribution is 2.32. The minimum absolute atomic E-state index is 0.0191. The molecule has 0 aliphatic carbocycles. The topological polar surface area (TPSA) is 73.7 Å². The van der Waals surface area contributed by atoms with E-state index >= 15 is 0 Å². The van der Waals surface area contributed by atoms with Gasteiger partial charge in [-0.1, -0.05) is 43.7 Å². The number of aromatic nitrogens is 1. The molecule has 4 rings (SSSR count). The van der Waals surface area contributed by atoms with E-state index < -0.39 is 5.92 Å².